The Labute approximate surface area is 212 Å². The molecule has 0 spiro atoms. The van der Waals surface area contributed by atoms with Crippen molar-refractivity contribution >= 4 is 57.1 Å². The number of ether oxygens (including phenoxy) is 2. The first-order chi connectivity index (χ1) is 16.3. The molecule has 0 aromatic heterocycles. The molecule has 1 fully saturated rings. The highest BCUT2D eigenvalue weighted by Gasteiger charge is 2.37. The maximum absolute atomic E-state index is 13.2. The molecule has 1 aliphatic rings. The summed E-state index contributed by atoms with van der Waals surface area (Å²) >= 11 is 9.66. The summed E-state index contributed by atoms with van der Waals surface area (Å²) in [5, 5.41) is 2.63. The number of hydrogen-bond donors (Lipinski definition) is 1. The van der Waals surface area contributed by atoms with Gasteiger partial charge in [0, 0.05) is 5.02 Å². The van der Waals surface area contributed by atoms with E-state index < -0.39 is 17.8 Å². The number of carbonyl (C=O) groups is 3. The Morgan fingerprint density at radius 1 is 1.15 bits per heavy atom. The van der Waals surface area contributed by atoms with Crippen molar-refractivity contribution in [3.8, 4) is 11.5 Å². The predicted octanol–water partition coefficient (Wildman–Crippen LogP) is 6.05. The second-order valence-corrected chi connectivity index (χ2v) is 9.05. The zero-order valence-electron chi connectivity index (χ0n) is 19.2. The number of barbiturate groups is 1. The number of imide groups is 2. The van der Waals surface area contributed by atoms with Crippen LogP contribution < -0.4 is 19.7 Å². The summed E-state index contributed by atoms with van der Waals surface area (Å²) in [5.41, 5.74) is 1.18. The first kappa shape index (κ1) is 25.8. The smallest absolute Gasteiger partial charge is 0.335 e. The Hall–Kier alpha value is -2.84. The molecule has 180 valence electrons. The molecule has 4 amide bonds. The van der Waals surface area contributed by atoms with E-state index >= 15 is 0 Å². The number of nitrogens with zero attached hydrogens (tertiary/aromatic N) is 1. The topological polar surface area (TPSA) is 84.9 Å². The molecule has 1 N–H and O–H groups in total. The Bertz CT molecular complexity index is 1150. The van der Waals surface area contributed by atoms with E-state index in [1.165, 1.54) is 13.2 Å². The molecule has 3 rings (SSSR count). The zero-order valence-corrected chi connectivity index (χ0v) is 21.6. The van der Waals surface area contributed by atoms with Crippen LogP contribution in [0.5, 0.6) is 11.5 Å². The lowest BCUT2D eigenvalue weighted by molar-refractivity contribution is -0.122. The number of carbonyl (C=O) groups excluding carboxylic acids is 3. The van der Waals surface area contributed by atoms with Crippen molar-refractivity contribution in [2.75, 3.05) is 18.6 Å². The first-order valence-electron chi connectivity index (χ1n) is 10.9. The molecule has 0 radical (unpaired) electrons. The van der Waals surface area contributed by atoms with Gasteiger partial charge in [-0.15, -0.1) is 0 Å². The largest absolute Gasteiger partial charge is 0.493 e. The highest BCUT2D eigenvalue weighted by molar-refractivity contribution is 9.10. The van der Waals surface area contributed by atoms with Crippen LogP contribution in [0.2, 0.25) is 5.02 Å². The normalized spacial score (nSPS) is 15.0. The highest BCUT2D eigenvalue weighted by Crippen LogP contribution is 2.38. The third-order valence-corrected chi connectivity index (χ3v) is 6.39. The average molecular weight is 550 g/mol. The minimum atomic E-state index is -0.830. The van der Waals surface area contributed by atoms with Gasteiger partial charge in [0.05, 0.1) is 23.9 Å². The first-order valence-corrected chi connectivity index (χ1v) is 12.1. The summed E-state index contributed by atoms with van der Waals surface area (Å²) in [6.45, 7) is 4.39. The molecule has 7 nitrogen and oxygen atoms in total. The number of anilines is 1. The minimum absolute atomic E-state index is 0.193. The van der Waals surface area contributed by atoms with E-state index in [0.29, 0.717) is 44.4 Å². The van der Waals surface area contributed by atoms with Crippen LogP contribution in [0.15, 0.2) is 40.4 Å². The van der Waals surface area contributed by atoms with Crippen LogP contribution in [0.4, 0.5) is 10.5 Å². The summed E-state index contributed by atoms with van der Waals surface area (Å²) in [5.74, 6) is -0.520. The highest BCUT2D eigenvalue weighted by atomic mass is 79.9. The number of unbranched alkanes of at least 4 members (excludes halogenated alkanes) is 3. The molecule has 9 heteroatoms. The van der Waals surface area contributed by atoms with Crippen LogP contribution >= 0.6 is 27.5 Å². The molecule has 0 atom stereocenters. The number of halogens is 2. The van der Waals surface area contributed by atoms with Crippen LogP contribution in [0.1, 0.15) is 43.7 Å². The van der Waals surface area contributed by atoms with Crippen LogP contribution in [0.25, 0.3) is 6.08 Å². The number of urea groups is 1. The molecule has 1 saturated heterocycles. The lowest BCUT2D eigenvalue weighted by Gasteiger charge is -2.27. The quantitative estimate of drug-likeness (QED) is 0.234. The number of hydrogen-bond acceptors (Lipinski definition) is 5. The molecule has 1 heterocycles. The fourth-order valence-electron chi connectivity index (χ4n) is 3.55. The molecular weight excluding hydrogens is 524 g/mol. The maximum atomic E-state index is 13.2. The average Bonchev–Trinajstić information content (AvgIpc) is 2.80. The minimum Gasteiger partial charge on any atom is -0.493 e. The second-order valence-electron chi connectivity index (χ2n) is 7.79. The van der Waals surface area contributed by atoms with Gasteiger partial charge in [-0.05, 0) is 70.7 Å². The van der Waals surface area contributed by atoms with Crippen LogP contribution in [0.3, 0.4) is 0 Å². The lowest BCUT2D eigenvalue weighted by Crippen LogP contribution is -2.54. The van der Waals surface area contributed by atoms with Crippen molar-refractivity contribution in [2.45, 2.75) is 39.5 Å². The van der Waals surface area contributed by atoms with Crippen molar-refractivity contribution in [1.29, 1.82) is 0 Å². The number of amides is 4. The van der Waals surface area contributed by atoms with Crippen LogP contribution in [-0.4, -0.2) is 31.6 Å². The molecule has 0 bridgehead atoms. The van der Waals surface area contributed by atoms with Gasteiger partial charge in [0.25, 0.3) is 11.8 Å². The third kappa shape index (κ3) is 5.62. The van der Waals surface area contributed by atoms with Crippen molar-refractivity contribution < 1.29 is 23.9 Å². The summed E-state index contributed by atoms with van der Waals surface area (Å²) in [7, 11) is 1.52. The Morgan fingerprint density at radius 3 is 2.62 bits per heavy atom. The third-order valence-electron chi connectivity index (χ3n) is 5.39. The molecule has 2 aromatic rings. The summed E-state index contributed by atoms with van der Waals surface area (Å²) in [6, 6.07) is 7.45. The van der Waals surface area contributed by atoms with E-state index in [4.69, 9.17) is 21.1 Å². The Morgan fingerprint density at radius 2 is 1.91 bits per heavy atom. The number of benzene rings is 2. The molecule has 0 saturated carbocycles. The SMILES string of the molecule is CCCCCCOc1c(Br)cc(/C=C2/C(=O)NC(=O)N(c3cccc(Cl)c3C)C2=O)cc1OC. The van der Waals surface area contributed by atoms with Crippen LogP contribution in [0, 0.1) is 6.92 Å². The van der Waals surface area contributed by atoms with E-state index in [2.05, 4.69) is 28.2 Å². The number of rotatable bonds is 9. The van der Waals surface area contributed by atoms with Crippen molar-refractivity contribution in [3.63, 3.8) is 0 Å². The molecule has 34 heavy (non-hydrogen) atoms. The standard InChI is InChI=1S/C25H26BrClN2O5/c1-4-5-6-7-11-34-22-18(26)13-16(14-21(22)33-3)12-17-23(30)28-25(32)29(24(17)31)20-10-8-9-19(27)15(20)2/h8-10,12-14H,4-7,11H2,1-3H3,(H,28,30,32)/b17-12-. The van der Waals surface area contributed by atoms with Crippen molar-refractivity contribution in [3.05, 3.63) is 56.5 Å². The summed E-state index contributed by atoms with van der Waals surface area (Å²) < 4.78 is 12.0. The second kappa shape index (κ2) is 11.5. The van der Waals surface area contributed by atoms with E-state index in [1.54, 1.807) is 37.3 Å². The Kier molecular flexibility index (Phi) is 8.74. The van der Waals surface area contributed by atoms with Gasteiger partial charge < -0.3 is 9.47 Å². The summed E-state index contributed by atoms with van der Waals surface area (Å²) in [4.78, 5) is 39.2. The summed E-state index contributed by atoms with van der Waals surface area (Å²) in [6.07, 6.45) is 5.71. The van der Waals surface area contributed by atoms with E-state index in [1.807, 2.05) is 0 Å². The fraction of sp³-hybridized carbons (Fsp3) is 0.320. The molecular formula is C25H26BrClN2O5. The maximum Gasteiger partial charge on any atom is 0.335 e. The van der Waals surface area contributed by atoms with Gasteiger partial charge in [-0.25, -0.2) is 9.69 Å². The molecule has 1 aliphatic heterocycles. The zero-order chi connectivity index (χ0) is 24.8. The van der Waals surface area contributed by atoms with Gasteiger partial charge >= 0.3 is 6.03 Å². The van der Waals surface area contributed by atoms with E-state index in [-0.39, 0.29) is 5.57 Å². The van der Waals surface area contributed by atoms with Gasteiger partial charge in [0.15, 0.2) is 11.5 Å². The van der Waals surface area contributed by atoms with Crippen LogP contribution in [-0.2, 0) is 9.59 Å². The fourth-order valence-corrected chi connectivity index (χ4v) is 4.29. The van der Waals surface area contributed by atoms with E-state index in [0.717, 1.165) is 30.6 Å². The molecule has 0 unspecified atom stereocenters. The van der Waals surface area contributed by atoms with Gasteiger partial charge in [-0.2, -0.15) is 0 Å². The van der Waals surface area contributed by atoms with Gasteiger partial charge in [0.2, 0.25) is 0 Å². The van der Waals surface area contributed by atoms with Crippen molar-refractivity contribution in [2.24, 2.45) is 0 Å². The number of nitrogens with one attached hydrogen (secondary N) is 1. The Balaban J connectivity index is 1.92. The predicted molar refractivity (Wildman–Crippen MR) is 136 cm³/mol. The number of methoxy groups -OCH3 is 1. The van der Waals surface area contributed by atoms with E-state index in [9.17, 15) is 14.4 Å². The van der Waals surface area contributed by atoms with Gasteiger partial charge in [-0.1, -0.05) is 43.9 Å². The monoisotopic (exact) mass is 548 g/mol. The van der Waals surface area contributed by atoms with Gasteiger partial charge in [-0.3, -0.25) is 14.9 Å². The molecule has 2 aromatic carbocycles. The van der Waals surface area contributed by atoms with Crippen molar-refractivity contribution in [1.82, 2.24) is 5.32 Å². The molecule has 0 aliphatic carbocycles. The lowest BCUT2D eigenvalue weighted by atomic mass is 10.1. The van der Waals surface area contributed by atoms with Gasteiger partial charge in [0.1, 0.15) is 5.57 Å².